The maximum Gasteiger partial charge on any atom is 0.160 e. The molecule has 1 aromatic heterocycles. The van der Waals surface area contributed by atoms with Gasteiger partial charge in [-0.05, 0) is 25.0 Å². The Balaban J connectivity index is 2.00. The number of aromatic nitrogens is 2. The average molecular weight is 289 g/mol. The fourth-order valence-electron chi connectivity index (χ4n) is 2.08. The highest BCUT2D eigenvalue weighted by Gasteiger charge is 2.21. The van der Waals surface area contributed by atoms with Crippen LogP contribution < -0.4 is 0 Å². The molecule has 86 valence electrons. The van der Waals surface area contributed by atoms with Crippen molar-refractivity contribution in [3.8, 4) is 11.4 Å². The molecule has 0 saturated heterocycles. The van der Waals surface area contributed by atoms with Gasteiger partial charge in [0.15, 0.2) is 5.82 Å². The van der Waals surface area contributed by atoms with Gasteiger partial charge in [-0.2, -0.15) is 0 Å². The van der Waals surface area contributed by atoms with Gasteiger partial charge in [-0.1, -0.05) is 40.5 Å². The normalized spacial score (nSPS) is 15.6. The van der Waals surface area contributed by atoms with Crippen molar-refractivity contribution in [3.63, 3.8) is 0 Å². The quantitative estimate of drug-likeness (QED) is 0.829. The van der Waals surface area contributed by atoms with E-state index in [2.05, 4.69) is 25.9 Å². The standard InChI is InChI=1S/C14H13BrN2/c15-12-7-2-1-6-11(12)14-16-9-8-13(17-14)10-4-3-5-10/h1-2,6-10H,3-5H2. The van der Waals surface area contributed by atoms with Gasteiger partial charge >= 0.3 is 0 Å². The van der Waals surface area contributed by atoms with E-state index in [1.54, 1.807) is 0 Å². The Hall–Kier alpha value is -1.22. The lowest BCUT2D eigenvalue weighted by molar-refractivity contribution is 0.411. The first-order valence-corrected chi connectivity index (χ1v) is 6.72. The molecule has 17 heavy (non-hydrogen) atoms. The molecule has 2 nitrogen and oxygen atoms in total. The van der Waals surface area contributed by atoms with Crippen LogP contribution >= 0.6 is 15.9 Å². The molecule has 0 unspecified atom stereocenters. The number of nitrogens with zero attached hydrogens (tertiary/aromatic N) is 2. The Labute approximate surface area is 109 Å². The average Bonchev–Trinajstić information content (AvgIpc) is 2.28. The molecule has 1 aliphatic carbocycles. The summed E-state index contributed by atoms with van der Waals surface area (Å²) in [5.41, 5.74) is 2.26. The highest BCUT2D eigenvalue weighted by molar-refractivity contribution is 9.10. The van der Waals surface area contributed by atoms with Crippen LogP contribution in [0.3, 0.4) is 0 Å². The van der Waals surface area contributed by atoms with E-state index >= 15 is 0 Å². The monoisotopic (exact) mass is 288 g/mol. The van der Waals surface area contributed by atoms with Crippen LogP contribution in [-0.2, 0) is 0 Å². The zero-order valence-corrected chi connectivity index (χ0v) is 11.0. The molecule has 0 spiro atoms. The van der Waals surface area contributed by atoms with Crippen molar-refractivity contribution in [2.24, 2.45) is 0 Å². The zero-order valence-electron chi connectivity index (χ0n) is 9.44. The van der Waals surface area contributed by atoms with E-state index in [-0.39, 0.29) is 0 Å². The van der Waals surface area contributed by atoms with Crippen molar-refractivity contribution in [1.29, 1.82) is 0 Å². The third-order valence-electron chi connectivity index (χ3n) is 3.32. The lowest BCUT2D eigenvalue weighted by atomic mass is 9.83. The third-order valence-corrected chi connectivity index (χ3v) is 4.01. The summed E-state index contributed by atoms with van der Waals surface area (Å²) in [5, 5.41) is 0. The van der Waals surface area contributed by atoms with E-state index in [0.717, 1.165) is 15.9 Å². The molecular weight excluding hydrogens is 276 g/mol. The van der Waals surface area contributed by atoms with Gasteiger partial charge in [0.2, 0.25) is 0 Å². The minimum Gasteiger partial charge on any atom is -0.237 e. The van der Waals surface area contributed by atoms with Gasteiger partial charge in [0.25, 0.3) is 0 Å². The maximum absolute atomic E-state index is 4.68. The number of hydrogen-bond donors (Lipinski definition) is 0. The van der Waals surface area contributed by atoms with Crippen LogP contribution in [0.4, 0.5) is 0 Å². The van der Waals surface area contributed by atoms with Gasteiger partial charge < -0.3 is 0 Å². The molecule has 3 rings (SSSR count). The molecule has 1 aliphatic rings. The first-order valence-electron chi connectivity index (χ1n) is 5.92. The summed E-state index contributed by atoms with van der Waals surface area (Å²) in [7, 11) is 0. The summed E-state index contributed by atoms with van der Waals surface area (Å²) in [6.07, 6.45) is 5.74. The fourth-order valence-corrected chi connectivity index (χ4v) is 2.54. The first-order chi connectivity index (χ1) is 8.34. The largest absolute Gasteiger partial charge is 0.237 e. The van der Waals surface area contributed by atoms with Crippen molar-refractivity contribution in [2.75, 3.05) is 0 Å². The molecule has 1 aromatic carbocycles. The molecule has 1 saturated carbocycles. The Morgan fingerprint density at radius 2 is 1.94 bits per heavy atom. The van der Waals surface area contributed by atoms with Crippen molar-refractivity contribution in [1.82, 2.24) is 9.97 Å². The molecule has 1 heterocycles. The molecular formula is C14H13BrN2. The van der Waals surface area contributed by atoms with Crippen LogP contribution in [0, 0.1) is 0 Å². The molecule has 0 atom stereocenters. The van der Waals surface area contributed by atoms with E-state index in [1.165, 1.54) is 25.0 Å². The summed E-state index contributed by atoms with van der Waals surface area (Å²) in [6, 6.07) is 10.1. The van der Waals surface area contributed by atoms with Gasteiger partial charge in [0.05, 0.1) is 0 Å². The maximum atomic E-state index is 4.68. The van der Waals surface area contributed by atoms with Gasteiger partial charge in [-0.3, -0.25) is 0 Å². The van der Waals surface area contributed by atoms with Crippen molar-refractivity contribution in [2.45, 2.75) is 25.2 Å². The molecule has 3 heteroatoms. The topological polar surface area (TPSA) is 25.8 Å². The molecule has 0 bridgehead atoms. The second kappa shape index (κ2) is 4.57. The highest BCUT2D eigenvalue weighted by Crippen LogP contribution is 2.36. The Morgan fingerprint density at radius 3 is 2.65 bits per heavy atom. The van der Waals surface area contributed by atoms with E-state index in [1.807, 2.05) is 36.5 Å². The zero-order chi connectivity index (χ0) is 11.7. The third kappa shape index (κ3) is 2.12. The summed E-state index contributed by atoms with van der Waals surface area (Å²) in [5.74, 6) is 1.47. The molecule has 2 aromatic rings. The molecule has 0 N–H and O–H groups in total. The SMILES string of the molecule is Brc1ccccc1-c1nccc(C2CCC2)n1. The van der Waals surface area contributed by atoms with Gasteiger partial charge in [-0.25, -0.2) is 9.97 Å². The first kappa shape index (κ1) is 10.9. The Bertz CT molecular complexity index is 535. The van der Waals surface area contributed by atoms with Gasteiger partial charge in [0, 0.05) is 27.8 Å². The van der Waals surface area contributed by atoms with Crippen LogP contribution in [0.2, 0.25) is 0 Å². The predicted molar refractivity (Wildman–Crippen MR) is 71.8 cm³/mol. The van der Waals surface area contributed by atoms with Crippen LogP contribution in [0.15, 0.2) is 41.0 Å². The Kier molecular flexibility index (Phi) is 2.93. The minimum absolute atomic E-state index is 0.652. The van der Waals surface area contributed by atoms with Crippen LogP contribution in [0.5, 0.6) is 0 Å². The molecule has 0 radical (unpaired) electrons. The second-order valence-corrected chi connectivity index (χ2v) is 5.27. The van der Waals surface area contributed by atoms with Crippen LogP contribution in [-0.4, -0.2) is 9.97 Å². The van der Waals surface area contributed by atoms with Crippen LogP contribution in [0.25, 0.3) is 11.4 Å². The lowest BCUT2D eigenvalue weighted by Crippen LogP contribution is -2.11. The Morgan fingerprint density at radius 1 is 1.12 bits per heavy atom. The predicted octanol–water partition coefficient (Wildman–Crippen LogP) is 4.17. The lowest BCUT2D eigenvalue weighted by Gasteiger charge is -2.24. The number of hydrogen-bond acceptors (Lipinski definition) is 2. The number of halogens is 1. The van der Waals surface area contributed by atoms with E-state index < -0.39 is 0 Å². The summed E-state index contributed by atoms with van der Waals surface area (Å²) in [6.45, 7) is 0. The summed E-state index contributed by atoms with van der Waals surface area (Å²) < 4.78 is 1.05. The number of benzene rings is 1. The molecule has 0 aliphatic heterocycles. The molecule has 0 amide bonds. The van der Waals surface area contributed by atoms with Gasteiger partial charge in [-0.15, -0.1) is 0 Å². The second-order valence-electron chi connectivity index (χ2n) is 4.41. The highest BCUT2D eigenvalue weighted by atomic mass is 79.9. The number of rotatable bonds is 2. The minimum atomic E-state index is 0.652. The summed E-state index contributed by atoms with van der Waals surface area (Å²) in [4.78, 5) is 9.05. The van der Waals surface area contributed by atoms with Gasteiger partial charge in [0.1, 0.15) is 0 Å². The van der Waals surface area contributed by atoms with Crippen LogP contribution in [0.1, 0.15) is 30.9 Å². The fraction of sp³-hybridized carbons (Fsp3) is 0.286. The van der Waals surface area contributed by atoms with E-state index in [9.17, 15) is 0 Å². The van der Waals surface area contributed by atoms with Crippen molar-refractivity contribution in [3.05, 3.63) is 46.7 Å². The van der Waals surface area contributed by atoms with Crippen molar-refractivity contribution >= 4 is 15.9 Å². The summed E-state index contributed by atoms with van der Waals surface area (Å²) >= 11 is 3.55. The molecule has 1 fully saturated rings. The van der Waals surface area contributed by atoms with E-state index in [0.29, 0.717) is 5.92 Å². The van der Waals surface area contributed by atoms with Crippen molar-refractivity contribution < 1.29 is 0 Å². The van der Waals surface area contributed by atoms with E-state index in [4.69, 9.17) is 0 Å². The smallest absolute Gasteiger partial charge is 0.160 e.